The number of ether oxygens (including phenoxy) is 2. The maximum atomic E-state index is 12.5. The summed E-state index contributed by atoms with van der Waals surface area (Å²) in [6.07, 6.45) is 2.96. The van der Waals surface area contributed by atoms with Crippen LogP contribution in [0.2, 0.25) is 0 Å². The quantitative estimate of drug-likeness (QED) is 0.551. The number of nitrogens with zero attached hydrogens (tertiary/aromatic N) is 1. The molecule has 0 aliphatic rings. The normalized spacial score (nSPS) is 10.7. The van der Waals surface area contributed by atoms with E-state index < -0.39 is 11.9 Å². The van der Waals surface area contributed by atoms with Gasteiger partial charge in [0.25, 0.3) is 5.91 Å². The minimum atomic E-state index is -0.580. The molecule has 1 aromatic heterocycles. The Labute approximate surface area is 173 Å². The predicted octanol–water partition coefficient (Wildman–Crippen LogP) is 3.60. The summed E-state index contributed by atoms with van der Waals surface area (Å²) in [6.45, 7) is 3.55. The van der Waals surface area contributed by atoms with Crippen molar-refractivity contribution in [2.75, 3.05) is 33.1 Å². The highest BCUT2D eigenvalue weighted by atomic mass is 32.1. The van der Waals surface area contributed by atoms with Crippen LogP contribution < -0.4 is 10.1 Å². The first kappa shape index (κ1) is 22.2. The number of hydrogen-bond acceptors (Lipinski definition) is 6. The molecular weight excluding hydrogens is 392 g/mol. The Hall–Kier alpha value is -3.13. The second-order valence-corrected chi connectivity index (χ2v) is 7.27. The van der Waals surface area contributed by atoms with Crippen LogP contribution in [0.5, 0.6) is 5.75 Å². The first-order valence-electron chi connectivity index (χ1n) is 8.94. The van der Waals surface area contributed by atoms with Crippen molar-refractivity contribution in [2.45, 2.75) is 13.8 Å². The zero-order chi connectivity index (χ0) is 21.6. The summed E-state index contributed by atoms with van der Waals surface area (Å²) < 4.78 is 10.4. The van der Waals surface area contributed by atoms with Gasteiger partial charge in [-0.2, -0.15) is 0 Å². The summed E-state index contributed by atoms with van der Waals surface area (Å²) in [6, 6.07) is 7.27. The van der Waals surface area contributed by atoms with Crippen LogP contribution in [0.15, 0.2) is 30.3 Å². The molecule has 0 saturated carbocycles. The number of benzene rings is 1. The predicted molar refractivity (Wildman–Crippen MR) is 114 cm³/mol. The summed E-state index contributed by atoms with van der Waals surface area (Å²) in [4.78, 5) is 39.1. The van der Waals surface area contributed by atoms with Crippen molar-refractivity contribution >= 4 is 40.2 Å². The third-order valence-electron chi connectivity index (χ3n) is 4.02. The van der Waals surface area contributed by atoms with Crippen LogP contribution in [0, 0.1) is 6.92 Å². The number of para-hydroxylation sites is 1. The van der Waals surface area contributed by atoms with Gasteiger partial charge in [-0.1, -0.05) is 18.2 Å². The van der Waals surface area contributed by atoms with Gasteiger partial charge in [0, 0.05) is 25.7 Å². The summed E-state index contributed by atoms with van der Waals surface area (Å²) >= 11 is 1.05. The van der Waals surface area contributed by atoms with Gasteiger partial charge in [-0.3, -0.25) is 9.59 Å². The Morgan fingerprint density at radius 1 is 1.21 bits per heavy atom. The van der Waals surface area contributed by atoms with E-state index in [2.05, 4.69) is 5.32 Å². The smallest absolute Gasteiger partial charge is 0.341 e. The molecule has 2 aromatic rings. The Morgan fingerprint density at radius 2 is 1.90 bits per heavy atom. The Balaban J connectivity index is 2.33. The molecule has 0 spiro atoms. The van der Waals surface area contributed by atoms with Crippen molar-refractivity contribution in [1.29, 1.82) is 0 Å². The molecule has 2 rings (SSSR count). The zero-order valence-corrected chi connectivity index (χ0v) is 17.9. The van der Waals surface area contributed by atoms with Crippen LogP contribution in [-0.2, 0) is 9.53 Å². The minimum Gasteiger partial charge on any atom is -0.496 e. The lowest BCUT2D eigenvalue weighted by molar-refractivity contribution is -0.111. The first-order chi connectivity index (χ1) is 13.8. The third-order valence-corrected chi connectivity index (χ3v) is 5.21. The second kappa shape index (κ2) is 9.88. The van der Waals surface area contributed by atoms with E-state index in [1.165, 1.54) is 11.0 Å². The molecule has 0 aliphatic heterocycles. The molecule has 1 heterocycles. The number of esters is 1. The maximum Gasteiger partial charge on any atom is 0.341 e. The van der Waals surface area contributed by atoms with Crippen LogP contribution in [0.1, 0.15) is 38.1 Å². The molecule has 0 radical (unpaired) electrons. The molecule has 0 bridgehead atoms. The van der Waals surface area contributed by atoms with Crippen LogP contribution in [0.4, 0.5) is 5.00 Å². The van der Waals surface area contributed by atoms with Gasteiger partial charge in [-0.15, -0.1) is 11.3 Å². The zero-order valence-electron chi connectivity index (χ0n) is 17.1. The van der Waals surface area contributed by atoms with E-state index in [1.54, 1.807) is 47.2 Å². The minimum absolute atomic E-state index is 0.187. The molecule has 29 heavy (non-hydrogen) atoms. The van der Waals surface area contributed by atoms with Gasteiger partial charge in [0.05, 0.1) is 24.2 Å². The molecule has 8 heteroatoms. The third kappa shape index (κ3) is 5.23. The van der Waals surface area contributed by atoms with Crippen LogP contribution >= 0.6 is 11.3 Å². The van der Waals surface area contributed by atoms with E-state index >= 15 is 0 Å². The molecular formula is C21H24N2O5S. The molecule has 1 N–H and O–H groups in total. The number of rotatable bonds is 7. The highest BCUT2D eigenvalue weighted by molar-refractivity contribution is 7.18. The summed E-state index contributed by atoms with van der Waals surface area (Å²) in [5.74, 6) is -0.632. The van der Waals surface area contributed by atoms with Crippen molar-refractivity contribution in [3.8, 4) is 5.75 Å². The van der Waals surface area contributed by atoms with Crippen molar-refractivity contribution in [3.05, 3.63) is 51.9 Å². The number of thiophene rings is 1. The van der Waals surface area contributed by atoms with Crippen molar-refractivity contribution in [2.24, 2.45) is 0 Å². The molecule has 0 saturated heterocycles. The average molecular weight is 416 g/mol. The number of anilines is 1. The molecule has 2 amide bonds. The number of carbonyl (C=O) groups is 3. The Bertz CT molecular complexity index is 947. The molecule has 0 unspecified atom stereocenters. The lowest BCUT2D eigenvalue weighted by atomic mass is 10.1. The van der Waals surface area contributed by atoms with Crippen molar-refractivity contribution < 1.29 is 23.9 Å². The van der Waals surface area contributed by atoms with Crippen LogP contribution in [0.25, 0.3) is 6.08 Å². The number of amides is 2. The van der Waals surface area contributed by atoms with E-state index in [0.29, 0.717) is 16.2 Å². The number of nitrogens with one attached hydrogen (secondary N) is 1. The molecule has 154 valence electrons. The van der Waals surface area contributed by atoms with E-state index in [0.717, 1.165) is 16.9 Å². The number of carbonyl (C=O) groups excluding carboxylic acids is 3. The van der Waals surface area contributed by atoms with E-state index in [-0.39, 0.29) is 23.1 Å². The fourth-order valence-electron chi connectivity index (χ4n) is 2.58. The fourth-order valence-corrected chi connectivity index (χ4v) is 3.80. The largest absolute Gasteiger partial charge is 0.496 e. The molecule has 1 aromatic carbocycles. The van der Waals surface area contributed by atoms with E-state index in [9.17, 15) is 14.4 Å². The van der Waals surface area contributed by atoms with Gasteiger partial charge in [-0.05, 0) is 31.6 Å². The molecule has 0 aliphatic carbocycles. The molecule has 7 nitrogen and oxygen atoms in total. The monoisotopic (exact) mass is 416 g/mol. The summed E-state index contributed by atoms with van der Waals surface area (Å²) in [5.41, 5.74) is 1.42. The van der Waals surface area contributed by atoms with Crippen LogP contribution in [0.3, 0.4) is 0 Å². The standard InChI is InChI=1S/C21H24N2O5S/c1-6-28-21(26)17-13(2)18(20(25)23(3)4)29-19(17)22-16(24)12-11-14-9-7-8-10-15(14)27-5/h7-12H,6H2,1-5H3,(H,22,24)/b12-11+. The highest BCUT2D eigenvalue weighted by Crippen LogP contribution is 2.34. The molecule has 0 fully saturated rings. The summed E-state index contributed by atoms with van der Waals surface area (Å²) in [7, 11) is 4.80. The number of hydrogen-bond donors (Lipinski definition) is 1. The maximum absolute atomic E-state index is 12.5. The van der Waals surface area contributed by atoms with Gasteiger partial charge in [-0.25, -0.2) is 4.79 Å². The van der Waals surface area contributed by atoms with Gasteiger partial charge >= 0.3 is 5.97 Å². The number of methoxy groups -OCH3 is 1. The Morgan fingerprint density at radius 3 is 2.52 bits per heavy atom. The van der Waals surface area contributed by atoms with Gasteiger partial charge in [0.1, 0.15) is 10.8 Å². The topological polar surface area (TPSA) is 84.9 Å². The molecule has 0 atom stereocenters. The van der Waals surface area contributed by atoms with Gasteiger partial charge in [0.15, 0.2) is 0 Å². The second-order valence-electron chi connectivity index (χ2n) is 6.24. The van der Waals surface area contributed by atoms with E-state index in [4.69, 9.17) is 9.47 Å². The SMILES string of the molecule is CCOC(=O)c1c(NC(=O)/C=C/c2ccccc2OC)sc(C(=O)N(C)C)c1C. The average Bonchev–Trinajstić information content (AvgIpc) is 3.01. The van der Waals surface area contributed by atoms with Gasteiger partial charge in [0.2, 0.25) is 5.91 Å². The van der Waals surface area contributed by atoms with Crippen LogP contribution in [-0.4, -0.2) is 50.5 Å². The van der Waals surface area contributed by atoms with Crippen molar-refractivity contribution in [1.82, 2.24) is 4.90 Å². The fraction of sp³-hybridized carbons (Fsp3) is 0.286. The lowest BCUT2D eigenvalue weighted by Gasteiger charge is -2.09. The van der Waals surface area contributed by atoms with Gasteiger partial charge < -0.3 is 19.7 Å². The first-order valence-corrected chi connectivity index (χ1v) is 9.76. The highest BCUT2D eigenvalue weighted by Gasteiger charge is 2.27. The lowest BCUT2D eigenvalue weighted by Crippen LogP contribution is -2.21. The van der Waals surface area contributed by atoms with Crippen molar-refractivity contribution in [3.63, 3.8) is 0 Å². The Kier molecular flexibility index (Phi) is 7.55. The summed E-state index contributed by atoms with van der Waals surface area (Å²) in [5, 5.41) is 2.97. The van der Waals surface area contributed by atoms with E-state index in [1.807, 2.05) is 18.2 Å².